The van der Waals surface area contributed by atoms with E-state index in [9.17, 15) is 4.79 Å². The minimum atomic E-state index is 0.0567. The third kappa shape index (κ3) is 1.97. The van der Waals surface area contributed by atoms with Crippen LogP contribution in [0.15, 0.2) is 29.8 Å². The lowest BCUT2D eigenvalue weighted by Crippen LogP contribution is -2.01. The second kappa shape index (κ2) is 3.95. The molecule has 0 aromatic carbocycles. The molecule has 0 aliphatic heterocycles. The average Bonchev–Trinajstić information content (AvgIpc) is 2.65. The Morgan fingerprint density at radius 2 is 2.07 bits per heavy atom. The van der Waals surface area contributed by atoms with Crippen molar-refractivity contribution in [3.05, 3.63) is 51.5 Å². The van der Waals surface area contributed by atoms with E-state index in [4.69, 9.17) is 0 Å². The van der Waals surface area contributed by atoms with Gasteiger partial charge < -0.3 is 0 Å². The number of carbonyl (C=O) groups excluding carboxylic acids is 1. The molecule has 0 unspecified atom stereocenters. The molecule has 0 spiro atoms. The Balaban J connectivity index is 2.37. The van der Waals surface area contributed by atoms with Crippen molar-refractivity contribution >= 4 is 17.1 Å². The smallest absolute Gasteiger partial charge is 0.195 e. The summed E-state index contributed by atoms with van der Waals surface area (Å²) >= 11 is 1.59. The summed E-state index contributed by atoms with van der Waals surface area (Å²) in [6.45, 7) is 3.86. The lowest BCUT2D eigenvalue weighted by Gasteiger charge is -1.99. The predicted molar refractivity (Wildman–Crippen MR) is 61.5 cm³/mol. The average molecular weight is 217 g/mol. The molecule has 0 atom stereocenters. The third-order valence-corrected chi connectivity index (χ3v) is 3.12. The number of carbonyl (C=O) groups is 1. The van der Waals surface area contributed by atoms with Crippen LogP contribution < -0.4 is 0 Å². The monoisotopic (exact) mass is 217 g/mol. The molecular formula is C12H11NOS. The number of rotatable bonds is 2. The van der Waals surface area contributed by atoms with Crippen LogP contribution in [0.4, 0.5) is 0 Å². The molecule has 0 aliphatic rings. The van der Waals surface area contributed by atoms with Crippen LogP contribution in [-0.2, 0) is 0 Å². The van der Waals surface area contributed by atoms with Gasteiger partial charge in [0.15, 0.2) is 5.78 Å². The first kappa shape index (κ1) is 10.1. The number of pyridine rings is 1. The van der Waals surface area contributed by atoms with Crippen LogP contribution >= 0.6 is 11.3 Å². The maximum atomic E-state index is 12.0. The normalized spacial score (nSPS) is 10.3. The summed E-state index contributed by atoms with van der Waals surface area (Å²) in [5, 5.41) is 1.93. The van der Waals surface area contributed by atoms with E-state index in [1.807, 2.05) is 37.4 Å². The summed E-state index contributed by atoms with van der Waals surface area (Å²) < 4.78 is 0. The third-order valence-electron chi connectivity index (χ3n) is 2.28. The number of hydrogen-bond acceptors (Lipinski definition) is 3. The maximum absolute atomic E-state index is 12.0. The van der Waals surface area contributed by atoms with Gasteiger partial charge in [0.2, 0.25) is 0 Å². The van der Waals surface area contributed by atoms with Crippen LogP contribution in [0.3, 0.4) is 0 Å². The molecule has 2 nitrogen and oxygen atoms in total. The van der Waals surface area contributed by atoms with Crippen LogP contribution in [0.2, 0.25) is 0 Å². The van der Waals surface area contributed by atoms with Crippen LogP contribution in [0, 0.1) is 13.8 Å². The molecule has 0 saturated heterocycles. The van der Waals surface area contributed by atoms with Crippen LogP contribution in [-0.4, -0.2) is 10.8 Å². The molecule has 0 N–H and O–H groups in total. The van der Waals surface area contributed by atoms with E-state index in [1.165, 1.54) is 0 Å². The minimum Gasteiger partial charge on any atom is -0.289 e. The van der Waals surface area contributed by atoms with Crippen LogP contribution in [0.25, 0.3) is 0 Å². The fourth-order valence-corrected chi connectivity index (χ4v) is 2.07. The highest BCUT2D eigenvalue weighted by Crippen LogP contribution is 2.18. The largest absolute Gasteiger partial charge is 0.289 e. The second-order valence-corrected chi connectivity index (χ2v) is 4.53. The van der Waals surface area contributed by atoms with Gasteiger partial charge in [-0.3, -0.25) is 9.78 Å². The molecular weight excluding hydrogens is 206 g/mol. The summed E-state index contributed by atoms with van der Waals surface area (Å²) in [6, 6.07) is 5.54. The van der Waals surface area contributed by atoms with E-state index in [-0.39, 0.29) is 5.78 Å². The zero-order valence-corrected chi connectivity index (χ0v) is 9.47. The van der Waals surface area contributed by atoms with Crippen molar-refractivity contribution < 1.29 is 4.79 Å². The van der Waals surface area contributed by atoms with Gasteiger partial charge in [-0.05, 0) is 37.4 Å². The molecule has 76 valence electrons. The van der Waals surface area contributed by atoms with E-state index in [1.54, 1.807) is 17.5 Å². The standard InChI is InChI=1S/C12H11NOS/c1-8-3-4-10(7-13-8)12(14)11-5-6-15-9(11)2/h3-7H,1-2H3. The number of ketones is 1. The van der Waals surface area contributed by atoms with Gasteiger partial charge in [0.25, 0.3) is 0 Å². The molecule has 0 amide bonds. The Morgan fingerprint density at radius 1 is 1.27 bits per heavy atom. The number of aryl methyl sites for hydroxylation is 2. The first-order chi connectivity index (χ1) is 7.18. The molecule has 0 aliphatic carbocycles. The zero-order valence-electron chi connectivity index (χ0n) is 8.65. The van der Waals surface area contributed by atoms with Gasteiger partial charge in [0.1, 0.15) is 0 Å². The fraction of sp³-hybridized carbons (Fsp3) is 0.167. The molecule has 15 heavy (non-hydrogen) atoms. The van der Waals surface area contributed by atoms with E-state index < -0.39 is 0 Å². The minimum absolute atomic E-state index is 0.0567. The van der Waals surface area contributed by atoms with Gasteiger partial charge in [-0.15, -0.1) is 11.3 Å². The lowest BCUT2D eigenvalue weighted by molar-refractivity contribution is 0.103. The first-order valence-electron chi connectivity index (χ1n) is 4.70. The molecule has 0 fully saturated rings. The molecule has 2 heterocycles. The van der Waals surface area contributed by atoms with E-state index in [0.717, 1.165) is 16.1 Å². The molecule has 0 bridgehead atoms. The van der Waals surface area contributed by atoms with Gasteiger partial charge in [-0.2, -0.15) is 0 Å². The summed E-state index contributed by atoms with van der Waals surface area (Å²) in [5.74, 6) is 0.0567. The van der Waals surface area contributed by atoms with Crippen molar-refractivity contribution in [1.29, 1.82) is 0 Å². The molecule has 3 heteroatoms. The number of nitrogens with zero attached hydrogens (tertiary/aromatic N) is 1. The van der Waals surface area contributed by atoms with Crippen molar-refractivity contribution in [3.63, 3.8) is 0 Å². The molecule has 2 rings (SSSR count). The van der Waals surface area contributed by atoms with E-state index in [0.29, 0.717) is 5.56 Å². The van der Waals surface area contributed by atoms with Crippen LogP contribution in [0.5, 0.6) is 0 Å². The van der Waals surface area contributed by atoms with Crippen molar-refractivity contribution in [2.45, 2.75) is 13.8 Å². The van der Waals surface area contributed by atoms with Gasteiger partial charge in [0, 0.05) is 27.9 Å². The van der Waals surface area contributed by atoms with Crippen LogP contribution in [0.1, 0.15) is 26.5 Å². The molecule has 0 saturated carbocycles. The predicted octanol–water partition coefficient (Wildman–Crippen LogP) is 2.99. The highest BCUT2D eigenvalue weighted by molar-refractivity contribution is 7.10. The molecule has 2 aromatic rings. The Labute approximate surface area is 92.6 Å². The van der Waals surface area contributed by atoms with Gasteiger partial charge in [0.05, 0.1) is 0 Å². The fourth-order valence-electron chi connectivity index (χ4n) is 1.38. The number of hydrogen-bond donors (Lipinski definition) is 0. The number of aromatic nitrogens is 1. The van der Waals surface area contributed by atoms with Crippen molar-refractivity contribution in [2.24, 2.45) is 0 Å². The highest BCUT2D eigenvalue weighted by atomic mass is 32.1. The summed E-state index contributed by atoms with van der Waals surface area (Å²) in [6.07, 6.45) is 1.63. The van der Waals surface area contributed by atoms with Gasteiger partial charge >= 0.3 is 0 Å². The van der Waals surface area contributed by atoms with E-state index >= 15 is 0 Å². The Bertz CT molecular complexity index is 485. The number of thiophene rings is 1. The topological polar surface area (TPSA) is 30.0 Å². The van der Waals surface area contributed by atoms with Crippen molar-refractivity contribution in [3.8, 4) is 0 Å². The van der Waals surface area contributed by atoms with E-state index in [2.05, 4.69) is 4.98 Å². The summed E-state index contributed by atoms with van der Waals surface area (Å²) in [7, 11) is 0. The summed E-state index contributed by atoms with van der Waals surface area (Å²) in [5.41, 5.74) is 2.36. The van der Waals surface area contributed by atoms with Crippen molar-refractivity contribution in [1.82, 2.24) is 4.98 Å². The SMILES string of the molecule is Cc1ccc(C(=O)c2ccsc2C)cn1. The molecule has 2 aromatic heterocycles. The Morgan fingerprint density at radius 3 is 2.60 bits per heavy atom. The zero-order chi connectivity index (χ0) is 10.8. The summed E-state index contributed by atoms with van der Waals surface area (Å²) in [4.78, 5) is 17.2. The Kier molecular flexibility index (Phi) is 2.64. The second-order valence-electron chi connectivity index (χ2n) is 3.41. The molecule has 0 radical (unpaired) electrons. The maximum Gasteiger partial charge on any atom is 0.195 e. The first-order valence-corrected chi connectivity index (χ1v) is 5.58. The highest BCUT2D eigenvalue weighted by Gasteiger charge is 2.12. The van der Waals surface area contributed by atoms with Crippen molar-refractivity contribution in [2.75, 3.05) is 0 Å². The van der Waals surface area contributed by atoms with Gasteiger partial charge in [-0.25, -0.2) is 0 Å². The Hall–Kier alpha value is -1.48. The lowest BCUT2D eigenvalue weighted by atomic mass is 10.1. The van der Waals surface area contributed by atoms with Gasteiger partial charge in [-0.1, -0.05) is 0 Å². The quantitative estimate of drug-likeness (QED) is 0.724.